The summed E-state index contributed by atoms with van der Waals surface area (Å²) in [6, 6.07) is 7.93. The summed E-state index contributed by atoms with van der Waals surface area (Å²) in [7, 11) is 0. The highest BCUT2D eigenvalue weighted by molar-refractivity contribution is 6.33. The van der Waals surface area contributed by atoms with E-state index < -0.39 is 0 Å². The molecule has 0 aliphatic heterocycles. The molecule has 0 saturated carbocycles. The van der Waals surface area contributed by atoms with Crippen LogP contribution in [0.3, 0.4) is 0 Å². The van der Waals surface area contributed by atoms with Crippen LogP contribution in [-0.4, -0.2) is 28.5 Å². The molecule has 2 rings (SSSR count). The number of aryl methyl sites for hydroxylation is 2. The van der Waals surface area contributed by atoms with Crippen LogP contribution in [0.2, 0.25) is 5.02 Å². The van der Waals surface area contributed by atoms with Crippen LogP contribution in [0.5, 0.6) is 0 Å². The van der Waals surface area contributed by atoms with Crippen LogP contribution >= 0.6 is 11.6 Å². The average molecular weight is 360 g/mol. The normalized spacial score (nSPS) is 12.0. The van der Waals surface area contributed by atoms with Gasteiger partial charge in [-0.3, -0.25) is 5.41 Å². The van der Waals surface area contributed by atoms with Gasteiger partial charge in [0.15, 0.2) is 0 Å². The van der Waals surface area contributed by atoms with Crippen LogP contribution in [-0.2, 0) is 4.74 Å². The second kappa shape index (κ2) is 9.03. The summed E-state index contributed by atoms with van der Waals surface area (Å²) >= 11 is 6.15. The second-order valence-corrected chi connectivity index (χ2v) is 6.06. The van der Waals surface area contributed by atoms with Crippen LogP contribution < -0.4 is 10.6 Å². The number of ether oxygens (including phenoxy) is 1. The van der Waals surface area contributed by atoms with Crippen molar-refractivity contribution in [3.63, 3.8) is 0 Å². The zero-order valence-electron chi connectivity index (χ0n) is 14.5. The summed E-state index contributed by atoms with van der Waals surface area (Å²) < 4.78 is 5.41. The highest BCUT2D eigenvalue weighted by Gasteiger charge is 2.09. The predicted molar refractivity (Wildman–Crippen MR) is 102 cm³/mol. The molecule has 25 heavy (non-hydrogen) atoms. The standard InChI is InChI=1S/C18H22ClN5O/c1-12-4-6-15(7-5-12)21-9-8-16(20)25-10-13(2)24-18-17(19)14(3)22-11-23-18/h4-9,11,13,20-21H,10H2,1-3H3,(H,22,23,24)/b9-8-,20-16?. The van der Waals surface area contributed by atoms with Crippen LogP contribution in [0.1, 0.15) is 18.2 Å². The van der Waals surface area contributed by atoms with Gasteiger partial charge in [-0.15, -0.1) is 0 Å². The fraction of sp³-hybridized carbons (Fsp3) is 0.278. The van der Waals surface area contributed by atoms with Gasteiger partial charge in [-0.2, -0.15) is 0 Å². The zero-order valence-corrected chi connectivity index (χ0v) is 15.3. The maximum Gasteiger partial charge on any atom is 0.207 e. The summed E-state index contributed by atoms with van der Waals surface area (Å²) in [6.45, 7) is 6.09. The molecular formula is C18H22ClN5O. The lowest BCUT2D eigenvalue weighted by Crippen LogP contribution is -2.24. The minimum absolute atomic E-state index is 0.0643. The Labute approximate surface area is 152 Å². The number of hydrogen-bond acceptors (Lipinski definition) is 6. The molecule has 7 heteroatoms. The summed E-state index contributed by atoms with van der Waals surface area (Å²) in [4.78, 5) is 8.13. The number of halogens is 1. The Kier molecular flexibility index (Phi) is 6.77. The number of benzene rings is 1. The third-order valence-corrected chi connectivity index (χ3v) is 3.82. The molecule has 132 valence electrons. The number of hydrogen-bond donors (Lipinski definition) is 3. The van der Waals surface area contributed by atoms with Gasteiger partial charge >= 0.3 is 0 Å². The van der Waals surface area contributed by atoms with Gasteiger partial charge < -0.3 is 15.4 Å². The fourth-order valence-corrected chi connectivity index (χ4v) is 2.11. The van der Waals surface area contributed by atoms with Crippen molar-refractivity contribution < 1.29 is 4.74 Å². The van der Waals surface area contributed by atoms with E-state index >= 15 is 0 Å². The number of nitrogens with one attached hydrogen (secondary N) is 3. The predicted octanol–water partition coefficient (Wildman–Crippen LogP) is 4.17. The lowest BCUT2D eigenvalue weighted by atomic mass is 10.2. The molecule has 1 aromatic carbocycles. The van der Waals surface area contributed by atoms with Crippen LogP contribution in [0.15, 0.2) is 42.9 Å². The van der Waals surface area contributed by atoms with Crippen molar-refractivity contribution in [3.05, 3.63) is 59.1 Å². The van der Waals surface area contributed by atoms with Crippen molar-refractivity contribution >= 4 is 29.0 Å². The second-order valence-electron chi connectivity index (χ2n) is 5.69. The molecule has 6 nitrogen and oxygen atoms in total. The van der Waals surface area contributed by atoms with Crippen molar-refractivity contribution in [3.8, 4) is 0 Å². The van der Waals surface area contributed by atoms with Crippen molar-refractivity contribution in [1.82, 2.24) is 9.97 Å². The molecule has 0 amide bonds. The monoisotopic (exact) mass is 359 g/mol. The Morgan fingerprint density at radius 2 is 2.00 bits per heavy atom. The lowest BCUT2D eigenvalue weighted by Gasteiger charge is -2.16. The van der Waals surface area contributed by atoms with Gasteiger partial charge in [0.05, 0.1) is 11.7 Å². The quantitative estimate of drug-likeness (QED) is 0.510. The molecule has 0 radical (unpaired) electrons. The molecule has 3 N–H and O–H groups in total. The molecule has 1 atom stereocenters. The molecule has 1 aromatic heterocycles. The number of rotatable bonds is 7. The van der Waals surface area contributed by atoms with Crippen LogP contribution in [0, 0.1) is 19.3 Å². The van der Waals surface area contributed by atoms with Gasteiger partial charge in [0.25, 0.3) is 0 Å². The molecule has 0 saturated heterocycles. The van der Waals surface area contributed by atoms with Crippen molar-refractivity contribution in [2.45, 2.75) is 26.8 Å². The maximum atomic E-state index is 7.81. The number of aromatic nitrogens is 2. The molecule has 0 aliphatic rings. The summed E-state index contributed by atoms with van der Waals surface area (Å²) in [5.74, 6) is 0.631. The van der Waals surface area contributed by atoms with E-state index in [1.807, 2.05) is 45.0 Å². The van der Waals surface area contributed by atoms with E-state index in [1.165, 1.54) is 11.9 Å². The van der Waals surface area contributed by atoms with E-state index in [4.69, 9.17) is 21.7 Å². The third-order valence-electron chi connectivity index (χ3n) is 3.37. The number of anilines is 2. The highest BCUT2D eigenvalue weighted by atomic mass is 35.5. The molecule has 0 bridgehead atoms. The van der Waals surface area contributed by atoms with Gasteiger partial charge in [-0.05, 0) is 32.9 Å². The Morgan fingerprint density at radius 1 is 1.28 bits per heavy atom. The van der Waals surface area contributed by atoms with Gasteiger partial charge in [0, 0.05) is 18.0 Å². The van der Waals surface area contributed by atoms with E-state index in [0.29, 0.717) is 23.1 Å². The van der Waals surface area contributed by atoms with Gasteiger partial charge in [0.2, 0.25) is 5.90 Å². The van der Waals surface area contributed by atoms with Gasteiger partial charge in [-0.25, -0.2) is 9.97 Å². The summed E-state index contributed by atoms with van der Waals surface area (Å²) in [6.07, 6.45) is 4.70. The van der Waals surface area contributed by atoms with E-state index in [-0.39, 0.29) is 11.9 Å². The van der Waals surface area contributed by atoms with Crippen LogP contribution in [0.4, 0.5) is 11.5 Å². The zero-order chi connectivity index (χ0) is 18.2. The number of nitrogens with zero attached hydrogens (tertiary/aromatic N) is 2. The maximum absolute atomic E-state index is 7.81. The van der Waals surface area contributed by atoms with Crippen molar-refractivity contribution in [2.24, 2.45) is 0 Å². The minimum Gasteiger partial charge on any atom is -0.476 e. The lowest BCUT2D eigenvalue weighted by molar-refractivity contribution is 0.291. The molecular weight excluding hydrogens is 338 g/mol. The smallest absolute Gasteiger partial charge is 0.207 e. The average Bonchev–Trinajstić information content (AvgIpc) is 2.59. The first-order chi connectivity index (χ1) is 12.0. The Bertz CT molecular complexity index is 746. The summed E-state index contributed by atoms with van der Waals surface area (Å²) in [5, 5.41) is 14.5. The Hall–Kier alpha value is -2.60. The molecule has 1 unspecified atom stereocenters. The van der Waals surface area contributed by atoms with Crippen LogP contribution in [0.25, 0.3) is 0 Å². The van der Waals surface area contributed by atoms with Gasteiger partial charge in [0.1, 0.15) is 23.8 Å². The van der Waals surface area contributed by atoms with Gasteiger partial charge in [-0.1, -0.05) is 29.3 Å². The largest absolute Gasteiger partial charge is 0.476 e. The SMILES string of the molecule is Cc1ccc(N/C=C\C(=N)OCC(C)Nc2ncnc(C)c2Cl)cc1. The van der Waals surface area contributed by atoms with Crippen molar-refractivity contribution in [1.29, 1.82) is 5.41 Å². The first-order valence-corrected chi connectivity index (χ1v) is 8.28. The third kappa shape index (κ3) is 6.08. The topological polar surface area (TPSA) is 82.9 Å². The molecule has 0 fully saturated rings. The van der Waals surface area contributed by atoms with E-state index in [2.05, 4.69) is 20.6 Å². The first-order valence-electron chi connectivity index (χ1n) is 7.90. The highest BCUT2D eigenvalue weighted by Crippen LogP contribution is 2.21. The Morgan fingerprint density at radius 3 is 2.72 bits per heavy atom. The van der Waals surface area contributed by atoms with E-state index in [0.717, 1.165) is 5.69 Å². The molecule has 0 aliphatic carbocycles. The molecule has 0 spiro atoms. The first kappa shape index (κ1) is 18.7. The minimum atomic E-state index is -0.0643. The van der Waals surface area contributed by atoms with Crippen molar-refractivity contribution in [2.75, 3.05) is 17.2 Å². The van der Waals surface area contributed by atoms with E-state index in [1.54, 1.807) is 12.3 Å². The fourth-order valence-electron chi connectivity index (χ4n) is 1.96. The molecule has 2 aromatic rings. The Balaban J connectivity index is 1.76. The summed E-state index contributed by atoms with van der Waals surface area (Å²) in [5.41, 5.74) is 2.87. The van der Waals surface area contributed by atoms with E-state index in [9.17, 15) is 0 Å². The molecule has 1 heterocycles.